The van der Waals surface area contributed by atoms with Crippen molar-refractivity contribution in [2.45, 2.75) is 13.0 Å². The third-order valence-electron chi connectivity index (χ3n) is 4.96. The van der Waals surface area contributed by atoms with Gasteiger partial charge < -0.3 is 14.5 Å². The molecule has 0 saturated carbocycles. The van der Waals surface area contributed by atoms with Crippen molar-refractivity contribution in [1.29, 1.82) is 0 Å². The molecule has 3 heterocycles. The molecule has 0 spiro atoms. The van der Waals surface area contributed by atoms with Crippen LogP contribution >= 0.6 is 0 Å². The molecule has 3 aromatic rings. The number of ether oxygens (including phenoxy) is 1. The lowest BCUT2D eigenvalue weighted by Gasteiger charge is -2.32. The highest BCUT2D eigenvalue weighted by molar-refractivity contribution is 6.07. The highest BCUT2D eigenvalue weighted by Gasteiger charge is 2.19. The number of hydrogen-bond donors (Lipinski definition) is 1. The third-order valence-corrected chi connectivity index (χ3v) is 4.96. The molecule has 0 radical (unpaired) electrons. The Morgan fingerprint density at radius 2 is 2.04 bits per heavy atom. The van der Waals surface area contributed by atoms with Gasteiger partial charge in [-0.2, -0.15) is 0 Å². The summed E-state index contributed by atoms with van der Waals surface area (Å²) in [6.45, 7) is 6.02. The summed E-state index contributed by atoms with van der Waals surface area (Å²) in [7, 11) is 0. The van der Waals surface area contributed by atoms with Gasteiger partial charge in [-0.15, -0.1) is 0 Å². The van der Waals surface area contributed by atoms with Gasteiger partial charge in [0.15, 0.2) is 5.76 Å². The first kappa shape index (κ1) is 17.7. The maximum Gasteiger partial charge on any atom is 0.252 e. The van der Waals surface area contributed by atoms with Gasteiger partial charge in [0.25, 0.3) is 5.91 Å². The highest BCUT2D eigenvalue weighted by Crippen LogP contribution is 2.25. The Balaban J connectivity index is 1.57. The van der Waals surface area contributed by atoms with Gasteiger partial charge in [-0.1, -0.05) is 18.2 Å². The number of nitrogens with zero attached hydrogens (tertiary/aromatic N) is 2. The van der Waals surface area contributed by atoms with Crippen LogP contribution in [0.4, 0.5) is 0 Å². The number of carbonyl (C=O) groups excluding carboxylic acids is 1. The molecule has 0 bridgehead atoms. The molecular formula is C21H23N3O3. The van der Waals surface area contributed by atoms with Crippen molar-refractivity contribution in [1.82, 2.24) is 15.2 Å². The smallest absolute Gasteiger partial charge is 0.252 e. The van der Waals surface area contributed by atoms with E-state index in [4.69, 9.17) is 9.15 Å². The average molecular weight is 365 g/mol. The Morgan fingerprint density at radius 3 is 2.81 bits per heavy atom. The molecule has 6 nitrogen and oxygen atoms in total. The van der Waals surface area contributed by atoms with Gasteiger partial charge in [-0.3, -0.25) is 9.69 Å². The molecule has 4 rings (SSSR count). The minimum absolute atomic E-state index is 0.0958. The van der Waals surface area contributed by atoms with Crippen molar-refractivity contribution >= 4 is 16.8 Å². The van der Waals surface area contributed by atoms with Crippen LogP contribution in [-0.2, 0) is 4.74 Å². The van der Waals surface area contributed by atoms with E-state index in [-0.39, 0.29) is 11.9 Å². The van der Waals surface area contributed by atoms with Crippen molar-refractivity contribution in [2.24, 2.45) is 0 Å². The number of benzene rings is 1. The van der Waals surface area contributed by atoms with Gasteiger partial charge in [0, 0.05) is 31.1 Å². The fraction of sp³-hybridized carbons (Fsp3) is 0.333. The molecule has 6 heteroatoms. The van der Waals surface area contributed by atoms with Gasteiger partial charge in [0.2, 0.25) is 0 Å². The number of rotatable bonds is 5. The molecule has 1 aliphatic rings. The largest absolute Gasteiger partial charge is 0.463 e. The molecule has 1 aliphatic heterocycles. The van der Waals surface area contributed by atoms with Gasteiger partial charge in [0.1, 0.15) is 5.69 Å². The average Bonchev–Trinajstić information content (AvgIpc) is 3.26. The monoisotopic (exact) mass is 365 g/mol. The normalized spacial score (nSPS) is 16.3. The van der Waals surface area contributed by atoms with Crippen molar-refractivity contribution in [3.63, 3.8) is 0 Å². The van der Waals surface area contributed by atoms with Gasteiger partial charge >= 0.3 is 0 Å². The molecule has 1 unspecified atom stereocenters. The maximum absolute atomic E-state index is 13.0. The molecule has 1 fully saturated rings. The fourth-order valence-electron chi connectivity index (χ4n) is 3.40. The number of fused-ring (bicyclic) bond motifs is 1. The van der Waals surface area contributed by atoms with E-state index in [1.54, 1.807) is 12.3 Å². The van der Waals surface area contributed by atoms with Gasteiger partial charge in [0.05, 0.1) is 30.6 Å². The predicted octanol–water partition coefficient (Wildman–Crippen LogP) is 2.95. The van der Waals surface area contributed by atoms with Crippen LogP contribution in [0.15, 0.2) is 53.1 Å². The quantitative estimate of drug-likeness (QED) is 0.753. The summed E-state index contributed by atoms with van der Waals surface area (Å²) in [6.07, 6.45) is 1.61. The molecule has 1 saturated heterocycles. The Kier molecular flexibility index (Phi) is 5.18. The number of pyridine rings is 1. The number of aromatic nitrogens is 1. The summed E-state index contributed by atoms with van der Waals surface area (Å²) in [5.74, 6) is 0.554. The molecule has 1 N–H and O–H groups in total. The van der Waals surface area contributed by atoms with Crippen LogP contribution in [-0.4, -0.2) is 54.7 Å². The molecule has 1 aromatic carbocycles. The summed E-state index contributed by atoms with van der Waals surface area (Å²) < 4.78 is 10.9. The Morgan fingerprint density at radius 1 is 1.22 bits per heavy atom. The second-order valence-corrected chi connectivity index (χ2v) is 6.76. The molecule has 2 aromatic heterocycles. The number of amides is 1. The number of para-hydroxylation sites is 1. The van der Waals surface area contributed by atoms with E-state index in [2.05, 4.69) is 22.1 Å². The zero-order valence-corrected chi connectivity index (χ0v) is 15.4. The SMILES string of the molecule is CC(CNC(=O)c1cc(-c2ccco2)nc2ccccc12)N1CCOCC1. The molecule has 1 atom stereocenters. The molecule has 27 heavy (non-hydrogen) atoms. The van der Waals surface area contributed by atoms with Crippen molar-refractivity contribution in [2.75, 3.05) is 32.8 Å². The lowest BCUT2D eigenvalue weighted by molar-refractivity contribution is 0.0204. The number of carbonyl (C=O) groups is 1. The first-order valence-electron chi connectivity index (χ1n) is 9.26. The molecule has 1 amide bonds. The molecular weight excluding hydrogens is 342 g/mol. The molecule has 140 valence electrons. The van der Waals surface area contributed by atoms with Gasteiger partial charge in [-0.05, 0) is 31.2 Å². The van der Waals surface area contributed by atoms with E-state index in [1.165, 1.54) is 0 Å². The standard InChI is InChI=1S/C21H23N3O3/c1-15(24-8-11-26-12-9-24)14-22-21(25)17-13-19(20-7-4-10-27-20)23-18-6-3-2-5-16(17)18/h2-7,10,13,15H,8-9,11-12,14H2,1H3,(H,22,25). The summed E-state index contributed by atoms with van der Waals surface area (Å²) in [6, 6.07) is 13.4. The van der Waals surface area contributed by atoms with E-state index in [9.17, 15) is 4.79 Å². The summed E-state index contributed by atoms with van der Waals surface area (Å²) >= 11 is 0. The van der Waals surface area contributed by atoms with Crippen molar-refractivity contribution < 1.29 is 13.9 Å². The number of nitrogens with one attached hydrogen (secondary N) is 1. The fourth-order valence-corrected chi connectivity index (χ4v) is 3.40. The predicted molar refractivity (Wildman–Crippen MR) is 104 cm³/mol. The Bertz CT molecular complexity index is 918. The minimum atomic E-state index is -0.0958. The molecule has 0 aliphatic carbocycles. The van der Waals surface area contributed by atoms with Crippen LogP contribution in [0.5, 0.6) is 0 Å². The van der Waals surface area contributed by atoms with E-state index < -0.39 is 0 Å². The van der Waals surface area contributed by atoms with E-state index >= 15 is 0 Å². The zero-order valence-electron chi connectivity index (χ0n) is 15.4. The van der Waals surface area contributed by atoms with E-state index in [1.807, 2.05) is 36.4 Å². The van der Waals surface area contributed by atoms with Crippen LogP contribution in [0.2, 0.25) is 0 Å². The summed E-state index contributed by atoms with van der Waals surface area (Å²) in [5.41, 5.74) is 2.05. The van der Waals surface area contributed by atoms with Crippen LogP contribution in [0.1, 0.15) is 17.3 Å². The summed E-state index contributed by atoms with van der Waals surface area (Å²) in [4.78, 5) is 19.9. The maximum atomic E-state index is 13.0. The number of morpholine rings is 1. The van der Waals surface area contributed by atoms with Crippen LogP contribution in [0.25, 0.3) is 22.4 Å². The van der Waals surface area contributed by atoms with Crippen LogP contribution in [0, 0.1) is 0 Å². The first-order valence-corrected chi connectivity index (χ1v) is 9.26. The van der Waals surface area contributed by atoms with Crippen molar-refractivity contribution in [3.05, 3.63) is 54.3 Å². The zero-order chi connectivity index (χ0) is 18.6. The number of hydrogen-bond acceptors (Lipinski definition) is 5. The third kappa shape index (κ3) is 3.86. The van der Waals surface area contributed by atoms with Gasteiger partial charge in [-0.25, -0.2) is 4.98 Å². The lowest BCUT2D eigenvalue weighted by atomic mass is 10.1. The summed E-state index contributed by atoms with van der Waals surface area (Å²) in [5, 5.41) is 3.92. The second-order valence-electron chi connectivity index (χ2n) is 6.76. The Hall–Kier alpha value is -2.70. The topological polar surface area (TPSA) is 67.6 Å². The second kappa shape index (κ2) is 7.90. The van der Waals surface area contributed by atoms with Crippen molar-refractivity contribution in [3.8, 4) is 11.5 Å². The first-order chi connectivity index (χ1) is 13.2. The van der Waals surface area contributed by atoms with Crippen LogP contribution < -0.4 is 5.32 Å². The highest BCUT2D eigenvalue weighted by atomic mass is 16.5. The van der Waals surface area contributed by atoms with Crippen LogP contribution in [0.3, 0.4) is 0 Å². The number of furan rings is 1. The minimum Gasteiger partial charge on any atom is -0.463 e. The Labute approximate surface area is 158 Å². The van der Waals surface area contributed by atoms with E-state index in [0.29, 0.717) is 23.6 Å². The van der Waals surface area contributed by atoms with E-state index in [0.717, 1.165) is 37.2 Å². The lowest BCUT2D eigenvalue weighted by Crippen LogP contribution is -2.47.